The Balaban J connectivity index is 1.16. The first kappa shape index (κ1) is 28.8. The molecule has 0 radical (unpaired) electrons. The molecule has 0 aromatic heterocycles. The van der Waals surface area contributed by atoms with Gasteiger partial charge in [0.2, 0.25) is 0 Å². The molecule has 0 unspecified atom stereocenters. The molecule has 3 aromatic carbocycles. The topological polar surface area (TPSA) is 54.0 Å². The van der Waals surface area contributed by atoms with Gasteiger partial charge in [-0.1, -0.05) is 93.8 Å². The number of hydrogen-bond acceptors (Lipinski definition) is 5. The highest BCUT2D eigenvalue weighted by Crippen LogP contribution is 2.31. The molecule has 0 amide bonds. The van der Waals surface area contributed by atoms with Crippen LogP contribution in [0.2, 0.25) is 0 Å². The van der Waals surface area contributed by atoms with Gasteiger partial charge in [0.05, 0.1) is 25.4 Å². The minimum absolute atomic E-state index is 0.0525. The van der Waals surface area contributed by atoms with Crippen LogP contribution in [-0.4, -0.2) is 25.8 Å². The van der Waals surface area contributed by atoms with E-state index in [9.17, 15) is 4.79 Å². The van der Waals surface area contributed by atoms with Gasteiger partial charge in [0.25, 0.3) is 0 Å². The highest BCUT2D eigenvalue weighted by atomic mass is 16.6. The van der Waals surface area contributed by atoms with Crippen LogP contribution in [0.1, 0.15) is 97.5 Å². The number of esters is 1. The summed E-state index contributed by atoms with van der Waals surface area (Å²) >= 11 is 0. The normalized spacial score (nSPS) is 17.1. The Bertz CT molecular complexity index is 1130. The lowest BCUT2D eigenvalue weighted by Crippen LogP contribution is -2.25. The van der Waals surface area contributed by atoms with E-state index in [0.717, 1.165) is 23.3 Å². The Morgan fingerprint density at radius 2 is 1.36 bits per heavy atom. The van der Waals surface area contributed by atoms with Gasteiger partial charge in [-0.2, -0.15) is 0 Å². The number of carbonyl (C=O) groups is 1. The van der Waals surface area contributed by atoms with Crippen molar-refractivity contribution in [3.8, 4) is 11.5 Å². The number of ether oxygens (including phenoxy) is 4. The molecule has 1 aliphatic heterocycles. The average molecular weight is 531 g/mol. The smallest absolute Gasteiger partial charge is 0.343 e. The lowest BCUT2D eigenvalue weighted by molar-refractivity contribution is -0.137. The van der Waals surface area contributed by atoms with Crippen molar-refractivity contribution in [2.24, 2.45) is 0 Å². The van der Waals surface area contributed by atoms with Crippen LogP contribution in [0.3, 0.4) is 0 Å². The Labute approximate surface area is 233 Å². The number of hydrogen-bond donors (Lipinski definition) is 0. The number of carbonyl (C=O) groups excluding carboxylic acids is 1. The van der Waals surface area contributed by atoms with E-state index in [0.29, 0.717) is 31.1 Å². The van der Waals surface area contributed by atoms with E-state index in [2.05, 4.69) is 32.0 Å². The van der Waals surface area contributed by atoms with Crippen LogP contribution in [0.5, 0.6) is 11.5 Å². The maximum atomic E-state index is 12.6. The lowest BCUT2D eigenvalue weighted by Gasteiger charge is -2.30. The van der Waals surface area contributed by atoms with Crippen molar-refractivity contribution in [3.63, 3.8) is 0 Å². The van der Waals surface area contributed by atoms with E-state index < -0.39 is 5.97 Å². The first-order valence-electron chi connectivity index (χ1n) is 14.5. The Morgan fingerprint density at radius 3 is 2.00 bits per heavy atom. The molecule has 5 heteroatoms. The summed E-state index contributed by atoms with van der Waals surface area (Å²) < 4.78 is 23.6. The first-order valence-corrected chi connectivity index (χ1v) is 14.5. The van der Waals surface area contributed by atoms with Crippen LogP contribution in [-0.2, 0) is 9.47 Å². The van der Waals surface area contributed by atoms with Crippen molar-refractivity contribution in [2.75, 3.05) is 19.8 Å². The van der Waals surface area contributed by atoms with Crippen molar-refractivity contribution in [1.29, 1.82) is 0 Å². The van der Waals surface area contributed by atoms with Gasteiger partial charge in [-0.05, 0) is 60.9 Å². The number of benzene rings is 3. The maximum absolute atomic E-state index is 12.6. The minimum atomic E-state index is -0.393. The third kappa shape index (κ3) is 9.22. The molecule has 39 heavy (non-hydrogen) atoms. The Hall–Kier alpha value is -3.15. The molecule has 0 aliphatic carbocycles. The van der Waals surface area contributed by atoms with E-state index >= 15 is 0 Å². The second-order valence-corrected chi connectivity index (χ2v) is 10.4. The van der Waals surface area contributed by atoms with Crippen molar-refractivity contribution < 1.29 is 23.7 Å². The van der Waals surface area contributed by atoms with Gasteiger partial charge in [0.15, 0.2) is 0 Å². The molecule has 2 atom stereocenters. The van der Waals surface area contributed by atoms with Gasteiger partial charge < -0.3 is 18.9 Å². The van der Waals surface area contributed by atoms with Crippen LogP contribution < -0.4 is 9.47 Å². The van der Waals surface area contributed by atoms with Crippen LogP contribution in [0.4, 0.5) is 0 Å². The summed E-state index contributed by atoms with van der Waals surface area (Å²) in [6.07, 6.45) is 9.98. The number of rotatable bonds is 14. The van der Waals surface area contributed by atoms with E-state index in [4.69, 9.17) is 18.9 Å². The maximum Gasteiger partial charge on any atom is 0.343 e. The summed E-state index contributed by atoms with van der Waals surface area (Å²) in [5.41, 5.74) is 3.83. The lowest BCUT2D eigenvalue weighted by atomic mass is 10.0. The summed E-state index contributed by atoms with van der Waals surface area (Å²) in [5, 5.41) is 0. The molecule has 1 fully saturated rings. The van der Waals surface area contributed by atoms with Gasteiger partial charge in [-0.25, -0.2) is 4.79 Å². The second-order valence-electron chi connectivity index (χ2n) is 10.4. The van der Waals surface area contributed by atoms with Gasteiger partial charge >= 0.3 is 5.97 Å². The third-order valence-electron chi connectivity index (χ3n) is 7.13. The van der Waals surface area contributed by atoms with E-state index in [-0.39, 0.29) is 12.2 Å². The monoisotopic (exact) mass is 530 g/mol. The highest BCUT2D eigenvalue weighted by Gasteiger charge is 2.25. The second kappa shape index (κ2) is 15.4. The van der Waals surface area contributed by atoms with Gasteiger partial charge in [-0.15, -0.1) is 0 Å². The zero-order valence-corrected chi connectivity index (χ0v) is 23.4. The van der Waals surface area contributed by atoms with Crippen molar-refractivity contribution in [1.82, 2.24) is 0 Å². The molecule has 3 aromatic rings. The van der Waals surface area contributed by atoms with E-state index in [1.165, 1.54) is 50.5 Å². The predicted octanol–water partition coefficient (Wildman–Crippen LogP) is 8.56. The SMILES string of the molecule is CCCCCCCCCCOc1ccc(C(=O)Oc2ccc([C@H]3CO[C@@H](c4cccc(C)c4)CO3)cc2)cc1. The third-order valence-corrected chi connectivity index (χ3v) is 7.13. The van der Waals surface area contributed by atoms with Crippen molar-refractivity contribution >= 4 is 5.97 Å². The average Bonchev–Trinajstić information content (AvgIpc) is 2.97. The zero-order chi connectivity index (χ0) is 27.3. The first-order chi connectivity index (χ1) is 19.1. The minimum Gasteiger partial charge on any atom is -0.494 e. The van der Waals surface area contributed by atoms with Crippen LogP contribution in [0, 0.1) is 6.92 Å². The summed E-state index contributed by atoms with van der Waals surface area (Å²) in [4.78, 5) is 12.6. The Morgan fingerprint density at radius 1 is 0.744 bits per heavy atom. The fraction of sp³-hybridized carbons (Fsp3) is 0.441. The molecule has 0 spiro atoms. The molecule has 208 valence electrons. The molecular formula is C34H42O5. The van der Waals surface area contributed by atoms with Crippen molar-refractivity contribution in [3.05, 3.63) is 95.1 Å². The standard InChI is InChI=1S/C34H42O5/c1-3-4-5-6-7-8-9-10-22-36-30-18-16-28(17-19-30)34(35)39-31-20-14-27(15-21-31)32-24-38-33(25-37-32)29-13-11-12-26(2)23-29/h11-21,23,32-33H,3-10,22,24-25H2,1-2H3/t32-,33-/m1/s1. The molecule has 0 N–H and O–H groups in total. The molecule has 1 heterocycles. The van der Waals surface area contributed by atoms with Crippen LogP contribution in [0.25, 0.3) is 0 Å². The Kier molecular flexibility index (Phi) is 11.4. The van der Waals surface area contributed by atoms with E-state index in [1.807, 2.05) is 30.3 Å². The molecular weight excluding hydrogens is 488 g/mol. The largest absolute Gasteiger partial charge is 0.494 e. The van der Waals surface area contributed by atoms with Crippen molar-refractivity contribution in [2.45, 2.75) is 77.4 Å². The summed E-state index contributed by atoms with van der Waals surface area (Å²) in [6.45, 7) is 6.01. The molecule has 5 nitrogen and oxygen atoms in total. The van der Waals surface area contributed by atoms with Crippen LogP contribution in [0.15, 0.2) is 72.8 Å². The summed E-state index contributed by atoms with van der Waals surface area (Å²) in [5.74, 6) is 0.877. The highest BCUT2D eigenvalue weighted by molar-refractivity contribution is 5.91. The van der Waals surface area contributed by atoms with Gasteiger partial charge in [0.1, 0.15) is 23.7 Å². The predicted molar refractivity (Wildman–Crippen MR) is 155 cm³/mol. The summed E-state index contributed by atoms with van der Waals surface area (Å²) in [7, 11) is 0. The fourth-order valence-corrected chi connectivity index (χ4v) is 4.79. The molecule has 1 saturated heterocycles. The van der Waals surface area contributed by atoms with E-state index in [1.54, 1.807) is 24.3 Å². The molecule has 4 rings (SSSR count). The summed E-state index contributed by atoms with van der Waals surface area (Å²) in [6, 6.07) is 22.9. The van der Waals surface area contributed by atoms with Crippen LogP contribution >= 0.6 is 0 Å². The number of aryl methyl sites for hydroxylation is 1. The molecule has 1 aliphatic rings. The molecule has 0 saturated carbocycles. The molecule has 0 bridgehead atoms. The zero-order valence-electron chi connectivity index (χ0n) is 23.4. The quantitative estimate of drug-likeness (QED) is 0.119. The van der Waals surface area contributed by atoms with Gasteiger partial charge in [0, 0.05) is 0 Å². The number of unbranched alkanes of at least 4 members (excludes halogenated alkanes) is 7. The van der Waals surface area contributed by atoms with Gasteiger partial charge in [-0.3, -0.25) is 0 Å². The fourth-order valence-electron chi connectivity index (χ4n) is 4.79.